The molecule has 0 saturated heterocycles. The highest BCUT2D eigenvalue weighted by atomic mass is 19.1. The summed E-state index contributed by atoms with van der Waals surface area (Å²) in [6.45, 7) is 2.56. The molecule has 5 heteroatoms. The molecule has 1 rings (SSSR count). The first kappa shape index (κ1) is 12.6. The number of carboxylic acid groups (broad SMARTS) is 1. The van der Waals surface area contributed by atoms with E-state index in [0.29, 0.717) is 6.07 Å². The van der Waals surface area contributed by atoms with E-state index in [2.05, 4.69) is 0 Å². The summed E-state index contributed by atoms with van der Waals surface area (Å²) in [6, 6.07) is 2.49. The minimum atomic E-state index is -1.51. The van der Waals surface area contributed by atoms with Crippen molar-refractivity contribution < 1.29 is 23.8 Å². The maximum Gasteiger partial charge on any atom is 0.312 e. The van der Waals surface area contributed by atoms with Crippen molar-refractivity contribution in [3.05, 3.63) is 35.4 Å². The van der Waals surface area contributed by atoms with E-state index in [-0.39, 0.29) is 5.56 Å². The van der Waals surface area contributed by atoms with Crippen molar-refractivity contribution in [2.45, 2.75) is 20.0 Å². The molecule has 0 heterocycles. The monoisotopic (exact) mass is 230 g/mol. The van der Waals surface area contributed by atoms with Gasteiger partial charge in [-0.25, -0.2) is 8.78 Å². The van der Waals surface area contributed by atoms with Gasteiger partial charge in [-0.05, 0) is 31.5 Å². The summed E-state index contributed by atoms with van der Waals surface area (Å²) >= 11 is 0. The lowest BCUT2D eigenvalue weighted by Crippen LogP contribution is -2.31. The topological polar surface area (TPSA) is 57.5 Å². The Hall–Kier alpha value is -1.49. The van der Waals surface area contributed by atoms with Crippen molar-refractivity contribution in [2.24, 2.45) is 5.41 Å². The molecule has 0 amide bonds. The molecule has 0 aliphatic carbocycles. The van der Waals surface area contributed by atoms with Crippen LogP contribution in [0.4, 0.5) is 8.78 Å². The molecule has 1 aromatic carbocycles. The Morgan fingerprint density at radius 2 is 1.69 bits per heavy atom. The van der Waals surface area contributed by atoms with Crippen LogP contribution in [-0.2, 0) is 4.79 Å². The Morgan fingerprint density at radius 3 is 2.06 bits per heavy atom. The maximum absolute atomic E-state index is 12.9. The average molecular weight is 230 g/mol. The second kappa shape index (κ2) is 4.17. The van der Waals surface area contributed by atoms with Crippen LogP contribution in [0.1, 0.15) is 25.5 Å². The van der Waals surface area contributed by atoms with E-state index in [1.165, 1.54) is 13.8 Å². The van der Waals surface area contributed by atoms with Gasteiger partial charge in [-0.3, -0.25) is 4.79 Å². The number of hydrogen-bond acceptors (Lipinski definition) is 2. The molecule has 0 aromatic heterocycles. The smallest absolute Gasteiger partial charge is 0.312 e. The molecule has 88 valence electrons. The Balaban J connectivity index is 3.14. The predicted molar refractivity (Wildman–Crippen MR) is 52.7 cm³/mol. The second-order valence-corrected chi connectivity index (χ2v) is 4.13. The molecule has 0 bridgehead atoms. The Labute approximate surface area is 91.3 Å². The van der Waals surface area contributed by atoms with Gasteiger partial charge in [0.1, 0.15) is 11.6 Å². The van der Waals surface area contributed by atoms with Crippen molar-refractivity contribution in [1.29, 1.82) is 0 Å². The van der Waals surface area contributed by atoms with Gasteiger partial charge in [0.2, 0.25) is 0 Å². The van der Waals surface area contributed by atoms with Crippen LogP contribution < -0.4 is 0 Å². The molecular weight excluding hydrogens is 218 g/mol. The van der Waals surface area contributed by atoms with Crippen molar-refractivity contribution in [2.75, 3.05) is 0 Å². The van der Waals surface area contributed by atoms with Crippen LogP contribution in [0.2, 0.25) is 0 Å². The van der Waals surface area contributed by atoms with Gasteiger partial charge in [0.15, 0.2) is 0 Å². The molecule has 0 fully saturated rings. The first-order valence-electron chi connectivity index (χ1n) is 4.62. The van der Waals surface area contributed by atoms with E-state index >= 15 is 0 Å². The number of aliphatic hydroxyl groups is 1. The van der Waals surface area contributed by atoms with E-state index in [1.807, 2.05) is 0 Å². The predicted octanol–water partition coefficient (Wildman–Crippen LogP) is 2.11. The third kappa shape index (κ3) is 2.36. The second-order valence-electron chi connectivity index (χ2n) is 4.13. The zero-order chi connectivity index (χ0) is 12.5. The number of halogens is 2. The third-order valence-corrected chi connectivity index (χ3v) is 2.44. The first-order valence-corrected chi connectivity index (χ1v) is 4.62. The quantitative estimate of drug-likeness (QED) is 0.836. The number of aliphatic hydroxyl groups excluding tert-OH is 1. The summed E-state index contributed by atoms with van der Waals surface area (Å²) in [5.41, 5.74) is -1.61. The number of hydrogen-bond donors (Lipinski definition) is 2. The van der Waals surface area contributed by atoms with Crippen molar-refractivity contribution in [3.8, 4) is 0 Å². The fourth-order valence-electron chi connectivity index (χ4n) is 1.27. The number of rotatable bonds is 3. The molecule has 1 aromatic rings. The van der Waals surface area contributed by atoms with Gasteiger partial charge >= 0.3 is 5.97 Å². The Kier molecular flexibility index (Phi) is 3.28. The molecule has 0 radical (unpaired) electrons. The molecule has 1 unspecified atom stereocenters. The largest absolute Gasteiger partial charge is 0.481 e. The normalized spacial score (nSPS) is 13.6. The van der Waals surface area contributed by atoms with Crippen LogP contribution in [-0.4, -0.2) is 16.2 Å². The molecule has 0 spiro atoms. The van der Waals surface area contributed by atoms with E-state index in [1.54, 1.807) is 0 Å². The van der Waals surface area contributed by atoms with Crippen LogP contribution in [0.3, 0.4) is 0 Å². The summed E-state index contributed by atoms with van der Waals surface area (Å²) in [7, 11) is 0. The summed E-state index contributed by atoms with van der Waals surface area (Å²) in [5, 5.41) is 18.6. The van der Waals surface area contributed by atoms with Gasteiger partial charge in [0.25, 0.3) is 0 Å². The van der Waals surface area contributed by atoms with Gasteiger partial charge in [0, 0.05) is 6.07 Å². The lowest BCUT2D eigenvalue weighted by molar-refractivity contribution is -0.153. The fraction of sp³-hybridized carbons (Fsp3) is 0.364. The molecule has 2 N–H and O–H groups in total. The standard InChI is InChI=1S/C11H12F2O3/c1-11(2,10(15)16)9(14)6-3-7(12)5-8(13)4-6/h3-5,9,14H,1-2H3,(H,15,16). The van der Waals surface area contributed by atoms with Crippen LogP contribution in [0, 0.1) is 17.0 Å². The minimum Gasteiger partial charge on any atom is -0.481 e. The Bertz CT molecular complexity index is 395. The summed E-state index contributed by atoms with van der Waals surface area (Å²) in [4.78, 5) is 10.9. The highest BCUT2D eigenvalue weighted by Crippen LogP contribution is 2.33. The third-order valence-electron chi connectivity index (χ3n) is 2.44. The zero-order valence-corrected chi connectivity index (χ0v) is 8.87. The van der Waals surface area contributed by atoms with Gasteiger partial charge in [-0.15, -0.1) is 0 Å². The highest BCUT2D eigenvalue weighted by Gasteiger charge is 2.37. The lowest BCUT2D eigenvalue weighted by Gasteiger charge is -2.26. The van der Waals surface area contributed by atoms with Crippen LogP contribution in [0.5, 0.6) is 0 Å². The molecule has 0 aliphatic heterocycles. The lowest BCUT2D eigenvalue weighted by atomic mass is 9.83. The van der Waals surface area contributed by atoms with E-state index in [4.69, 9.17) is 5.11 Å². The van der Waals surface area contributed by atoms with E-state index < -0.39 is 29.1 Å². The number of benzene rings is 1. The van der Waals surface area contributed by atoms with Crippen LogP contribution in [0.25, 0.3) is 0 Å². The van der Waals surface area contributed by atoms with Crippen molar-refractivity contribution in [1.82, 2.24) is 0 Å². The maximum atomic E-state index is 12.9. The Morgan fingerprint density at radius 1 is 1.25 bits per heavy atom. The van der Waals surface area contributed by atoms with Crippen molar-refractivity contribution in [3.63, 3.8) is 0 Å². The van der Waals surface area contributed by atoms with E-state index in [9.17, 15) is 18.7 Å². The molecule has 16 heavy (non-hydrogen) atoms. The summed E-state index contributed by atoms with van der Waals surface area (Å²) < 4.78 is 25.8. The average Bonchev–Trinajstić information content (AvgIpc) is 2.14. The number of aliphatic carboxylic acids is 1. The summed E-state index contributed by atoms with van der Waals surface area (Å²) in [6.07, 6.45) is -1.48. The fourth-order valence-corrected chi connectivity index (χ4v) is 1.27. The van der Waals surface area contributed by atoms with Crippen LogP contribution >= 0.6 is 0 Å². The van der Waals surface area contributed by atoms with Gasteiger partial charge in [-0.2, -0.15) is 0 Å². The number of carboxylic acids is 1. The van der Waals surface area contributed by atoms with Gasteiger partial charge in [-0.1, -0.05) is 0 Å². The minimum absolute atomic E-state index is 0.0927. The highest BCUT2D eigenvalue weighted by molar-refractivity contribution is 5.74. The van der Waals surface area contributed by atoms with Gasteiger partial charge < -0.3 is 10.2 Å². The molecular formula is C11H12F2O3. The molecule has 3 nitrogen and oxygen atoms in total. The summed E-state index contributed by atoms with van der Waals surface area (Å²) in [5.74, 6) is -2.95. The molecule has 1 atom stereocenters. The molecule has 0 aliphatic rings. The van der Waals surface area contributed by atoms with Crippen molar-refractivity contribution >= 4 is 5.97 Å². The van der Waals surface area contributed by atoms with Crippen LogP contribution in [0.15, 0.2) is 18.2 Å². The molecule has 0 saturated carbocycles. The van der Waals surface area contributed by atoms with E-state index in [0.717, 1.165) is 12.1 Å². The zero-order valence-electron chi connectivity index (χ0n) is 8.87. The SMILES string of the molecule is CC(C)(C(=O)O)C(O)c1cc(F)cc(F)c1. The first-order chi connectivity index (χ1) is 7.25. The number of carbonyl (C=O) groups is 1. The van der Waals surface area contributed by atoms with Gasteiger partial charge in [0.05, 0.1) is 11.5 Å².